The van der Waals surface area contributed by atoms with E-state index in [4.69, 9.17) is 16.3 Å². The van der Waals surface area contributed by atoms with Crippen molar-refractivity contribution in [2.45, 2.75) is 25.6 Å². The largest absolute Gasteiger partial charge is 0.494 e. The lowest BCUT2D eigenvalue weighted by atomic mass is 10.1. The molecular formula is C17H27ClN2O. The van der Waals surface area contributed by atoms with Crippen molar-refractivity contribution in [2.75, 3.05) is 45.9 Å². The highest BCUT2D eigenvalue weighted by Crippen LogP contribution is 2.24. The first-order valence-corrected chi connectivity index (χ1v) is 8.48. The normalized spacial score (nSPS) is 18.6. The number of piperazine rings is 1. The van der Waals surface area contributed by atoms with E-state index in [1.54, 1.807) is 0 Å². The van der Waals surface area contributed by atoms with Crippen LogP contribution < -0.4 is 4.74 Å². The van der Waals surface area contributed by atoms with Gasteiger partial charge in [0.15, 0.2) is 0 Å². The van der Waals surface area contributed by atoms with Gasteiger partial charge in [-0.15, -0.1) is 11.6 Å². The van der Waals surface area contributed by atoms with E-state index in [9.17, 15) is 0 Å². The smallest absolute Gasteiger partial charge is 0.119 e. The number of alkyl halides is 1. The first-order chi connectivity index (χ1) is 10.2. The maximum absolute atomic E-state index is 6.57. The fourth-order valence-corrected chi connectivity index (χ4v) is 2.95. The number of likely N-dealkylation sites (N-methyl/N-ethyl adjacent to an activating group) is 1. The molecule has 1 aliphatic heterocycles. The van der Waals surface area contributed by atoms with Crippen LogP contribution >= 0.6 is 11.6 Å². The molecule has 1 aromatic rings. The topological polar surface area (TPSA) is 15.7 Å². The summed E-state index contributed by atoms with van der Waals surface area (Å²) in [6.07, 6.45) is 1.03. The van der Waals surface area contributed by atoms with Crippen LogP contribution in [0.25, 0.3) is 0 Å². The molecule has 0 N–H and O–H groups in total. The molecule has 0 saturated carbocycles. The molecule has 0 amide bonds. The van der Waals surface area contributed by atoms with Crippen LogP contribution in [-0.4, -0.2) is 55.7 Å². The summed E-state index contributed by atoms with van der Waals surface area (Å²) in [7, 11) is 0. The van der Waals surface area contributed by atoms with Crippen LogP contribution in [0.15, 0.2) is 24.3 Å². The molecule has 2 rings (SSSR count). The van der Waals surface area contributed by atoms with Crippen molar-refractivity contribution in [3.8, 4) is 5.75 Å². The summed E-state index contributed by atoms with van der Waals surface area (Å²) in [4.78, 5) is 4.95. The van der Waals surface area contributed by atoms with E-state index in [2.05, 4.69) is 35.8 Å². The van der Waals surface area contributed by atoms with Crippen molar-refractivity contribution in [3.05, 3.63) is 29.8 Å². The second-order valence-corrected chi connectivity index (χ2v) is 6.15. The lowest BCUT2D eigenvalue weighted by Crippen LogP contribution is -2.46. The van der Waals surface area contributed by atoms with Crippen molar-refractivity contribution in [2.24, 2.45) is 0 Å². The molecule has 0 aromatic heterocycles. The van der Waals surface area contributed by atoms with Gasteiger partial charge in [0.1, 0.15) is 5.75 Å². The van der Waals surface area contributed by atoms with E-state index in [1.165, 1.54) is 5.56 Å². The van der Waals surface area contributed by atoms with Gasteiger partial charge < -0.3 is 9.64 Å². The van der Waals surface area contributed by atoms with Crippen LogP contribution in [0.1, 0.15) is 31.2 Å². The quantitative estimate of drug-likeness (QED) is 0.718. The fourth-order valence-electron chi connectivity index (χ4n) is 2.61. The minimum atomic E-state index is 0.0541. The standard InChI is InChI=1S/C17H27ClN2O/c1-3-13-21-16-7-5-15(6-8-16)17(18)14-20-11-9-19(4-2)10-12-20/h5-8,17H,3-4,9-14H2,1-2H3. The molecule has 118 valence electrons. The van der Waals surface area contributed by atoms with Gasteiger partial charge in [-0.25, -0.2) is 0 Å². The number of hydrogen-bond acceptors (Lipinski definition) is 3. The summed E-state index contributed by atoms with van der Waals surface area (Å²) >= 11 is 6.57. The summed E-state index contributed by atoms with van der Waals surface area (Å²) in [5.41, 5.74) is 1.18. The van der Waals surface area contributed by atoms with Gasteiger partial charge in [-0.1, -0.05) is 26.0 Å². The lowest BCUT2D eigenvalue weighted by molar-refractivity contribution is 0.137. The number of benzene rings is 1. The summed E-state index contributed by atoms with van der Waals surface area (Å²) in [5.74, 6) is 0.932. The molecule has 1 atom stereocenters. The molecule has 1 unspecified atom stereocenters. The Bertz CT molecular complexity index is 402. The van der Waals surface area contributed by atoms with Crippen LogP contribution in [-0.2, 0) is 0 Å². The van der Waals surface area contributed by atoms with Gasteiger partial charge in [0.05, 0.1) is 12.0 Å². The van der Waals surface area contributed by atoms with Crippen molar-refractivity contribution in [1.29, 1.82) is 0 Å². The predicted octanol–water partition coefficient (Wildman–Crippen LogP) is 3.39. The van der Waals surface area contributed by atoms with Crippen LogP contribution in [0.3, 0.4) is 0 Å². The molecule has 3 nitrogen and oxygen atoms in total. The summed E-state index contributed by atoms with van der Waals surface area (Å²) in [5, 5.41) is 0.0541. The first kappa shape index (κ1) is 16.6. The molecule has 0 spiro atoms. The number of ether oxygens (including phenoxy) is 1. The molecule has 1 heterocycles. The van der Waals surface area contributed by atoms with Gasteiger partial charge in [0, 0.05) is 32.7 Å². The third-order valence-electron chi connectivity index (χ3n) is 4.05. The molecule has 21 heavy (non-hydrogen) atoms. The number of rotatable bonds is 7. The highest BCUT2D eigenvalue weighted by atomic mass is 35.5. The minimum Gasteiger partial charge on any atom is -0.494 e. The average molecular weight is 311 g/mol. The highest BCUT2D eigenvalue weighted by Gasteiger charge is 2.19. The van der Waals surface area contributed by atoms with Crippen molar-refractivity contribution in [1.82, 2.24) is 9.80 Å². The second kappa shape index (κ2) is 8.62. The Morgan fingerprint density at radius 2 is 1.67 bits per heavy atom. The fraction of sp³-hybridized carbons (Fsp3) is 0.647. The third-order valence-corrected chi connectivity index (χ3v) is 4.44. The van der Waals surface area contributed by atoms with Gasteiger partial charge in [0.2, 0.25) is 0 Å². The Labute approximate surface area is 133 Å². The predicted molar refractivity (Wildman–Crippen MR) is 89.4 cm³/mol. The summed E-state index contributed by atoms with van der Waals surface area (Å²) in [6.45, 7) is 11.7. The Morgan fingerprint density at radius 1 is 1.05 bits per heavy atom. The minimum absolute atomic E-state index is 0.0541. The maximum atomic E-state index is 6.57. The van der Waals surface area contributed by atoms with Crippen LogP contribution in [0.5, 0.6) is 5.75 Å². The zero-order valence-corrected chi connectivity index (χ0v) is 14.0. The molecule has 0 bridgehead atoms. The van der Waals surface area contributed by atoms with Crippen LogP contribution in [0.4, 0.5) is 0 Å². The highest BCUT2D eigenvalue weighted by molar-refractivity contribution is 6.21. The zero-order valence-electron chi connectivity index (χ0n) is 13.2. The second-order valence-electron chi connectivity index (χ2n) is 5.62. The molecule has 1 aromatic carbocycles. The van der Waals surface area contributed by atoms with Crippen molar-refractivity contribution < 1.29 is 4.74 Å². The zero-order chi connectivity index (χ0) is 15.1. The van der Waals surface area contributed by atoms with Crippen LogP contribution in [0.2, 0.25) is 0 Å². The van der Waals surface area contributed by atoms with Gasteiger partial charge in [-0.2, -0.15) is 0 Å². The molecular weight excluding hydrogens is 284 g/mol. The summed E-state index contributed by atoms with van der Waals surface area (Å²) in [6, 6.07) is 8.22. The van der Waals surface area contributed by atoms with E-state index in [0.717, 1.165) is 58.0 Å². The monoisotopic (exact) mass is 310 g/mol. The average Bonchev–Trinajstić information content (AvgIpc) is 2.54. The Balaban J connectivity index is 1.81. The molecule has 1 aliphatic rings. The molecule has 0 aliphatic carbocycles. The Morgan fingerprint density at radius 3 is 2.24 bits per heavy atom. The van der Waals surface area contributed by atoms with E-state index in [-0.39, 0.29) is 5.38 Å². The Kier molecular flexibility index (Phi) is 6.81. The molecule has 4 heteroatoms. The SMILES string of the molecule is CCCOc1ccc(C(Cl)CN2CCN(CC)CC2)cc1. The van der Waals surface area contributed by atoms with Crippen LogP contribution in [0, 0.1) is 0 Å². The van der Waals surface area contributed by atoms with E-state index in [0.29, 0.717) is 0 Å². The van der Waals surface area contributed by atoms with Gasteiger partial charge in [-0.05, 0) is 30.7 Å². The van der Waals surface area contributed by atoms with Crippen molar-refractivity contribution >= 4 is 11.6 Å². The maximum Gasteiger partial charge on any atom is 0.119 e. The van der Waals surface area contributed by atoms with E-state index in [1.807, 2.05) is 12.1 Å². The molecule has 0 radical (unpaired) electrons. The van der Waals surface area contributed by atoms with Gasteiger partial charge in [0.25, 0.3) is 0 Å². The number of nitrogens with zero attached hydrogens (tertiary/aromatic N) is 2. The number of halogens is 1. The molecule has 1 fully saturated rings. The first-order valence-electron chi connectivity index (χ1n) is 8.04. The lowest BCUT2D eigenvalue weighted by Gasteiger charge is -2.35. The van der Waals surface area contributed by atoms with Gasteiger partial charge in [-0.3, -0.25) is 4.90 Å². The number of hydrogen-bond donors (Lipinski definition) is 0. The summed E-state index contributed by atoms with van der Waals surface area (Å²) < 4.78 is 5.60. The van der Waals surface area contributed by atoms with E-state index < -0.39 is 0 Å². The molecule has 1 saturated heterocycles. The van der Waals surface area contributed by atoms with E-state index >= 15 is 0 Å². The van der Waals surface area contributed by atoms with Crippen molar-refractivity contribution in [3.63, 3.8) is 0 Å². The Hall–Kier alpha value is -0.770. The third kappa shape index (κ3) is 5.17. The van der Waals surface area contributed by atoms with Gasteiger partial charge >= 0.3 is 0 Å².